The lowest BCUT2D eigenvalue weighted by Crippen LogP contribution is -2.43. The maximum absolute atomic E-state index is 10.1. The number of aromatic hydroxyl groups is 1. The summed E-state index contributed by atoms with van der Waals surface area (Å²) in [4.78, 5) is 2.44. The predicted molar refractivity (Wildman–Crippen MR) is 100 cm³/mol. The zero-order chi connectivity index (χ0) is 17.6. The van der Waals surface area contributed by atoms with Crippen molar-refractivity contribution in [3.8, 4) is 11.5 Å². The van der Waals surface area contributed by atoms with Gasteiger partial charge >= 0.3 is 0 Å². The van der Waals surface area contributed by atoms with Crippen LogP contribution in [0.15, 0.2) is 47.6 Å². The summed E-state index contributed by atoms with van der Waals surface area (Å²) in [7, 11) is 1.54. The summed E-state index contributed by atoms with van der Waals surface area (Å²) >= 11 is 0. The molecule has 1 N–H and O–H groups in total. The largest absolute Gasteiger partial charge is 0.504 e. The van der Waals surface area contributed by atoms with Crippen molar-refractivity contribution in [1.82, 2.24) is 9.91 Å². The Labute approximate surface area is 149 Å². The van der Waals surface area contributed by atoms with E-state index >= 15 is 0 Å². The van der Waals surface area contributed by atoms with Crippen molar-refractivity contribution in [2.45, 2.75) is 13.5 Å². The molecule has 0 saturated carbocycles. The third-order valence-corrected chi connectivity index (χ3v) is 4.49. The van der Waals surface area contributed by atoms with E-state index in [2.05, 4.69) is 41.2 Å². The Morgan fingerprint density at radius 2 is 1.80 bits per heavy atom. The number of methoxy groups -OCH3 is 1. The van der Waals surface area contributed by atoms with E-state index in [1.54, 1.807) is 19.4 Å². The van der Waals surface area contributed by atoms with Crippen LogP contribution in [0.5, 0.6) is 11.5 Å². The Morgan fingerprint density at radius 1 is 1.08 bits per heavy atom. The maximum Gasteiger partial charge on any atom is 0.166 e. The van der Waals surface area contributed by atoms with E-state index < -0.39 is 0 Å². The van der Waals surface area contributed by atoms with Crippen LogP contribution in [-0.4, -0.2) is 54.5 Å². The van der Waals surface area contributed by atoms with Crippen LogP contribution < -0.4 is 4.74 Å². The molecule has 5 heteroatoms. The zero-order valence-electron chi connectivity index (χ0n) is 14.9. The van der Waals surface area contributed by atoms with Crippen molar-refractivity contribution < 1.29 is 9.84 Å². The number of benzene rings is 2. The minimum atomic E-state index is 0.131. The van der Waals surface area contributed by atoms with Crippen LogP contribution in [0.25, 0.3) is 0 Å². The second kappa shape index (κ2) is 8.03. The van der Waals surface area contributed by atoms with Gasteiger partial charge in [0.05, 0.1) is 13.3 Å². The van der Waals surface area contributed by atoms with Gasteiger partial charge in [-0.2, -0.15) is 5.10 Å². The average molecular weight is 339 g/mol. The first-order valence-electron chi connectivity index (χ1n) is 8.58. The van der Waals surface area contributed by atoms with Crippen LogP contribution in [0, 0.1) is 6.92 Å². The van der Waals surface area contributed by atoms with E-state index in [9.17, 15) is 5.11 Å². The molecule has 1 fully saturated rings. The summed E-state index contributed by atoms with van der Waals surface area (Å²) < 4.78 is 5.12. The molecule has 132 valence electrons. The van der Waals surface area contributed by atoms with E-state index in [-0.39, 0.29) is 5.75 Å². The number of hydrogen-bond acceptors (Lipinski definition) is 5. The summed E-state index contributed by atoms with van der Waals surface area (Å²) in [5.74, 6) is 0.596. The Morgan fingerprint density at radius 3 is 2.48 bits per heavy atom. The summed E-state index contributed by atoms with van der Waals surface area (Å²) in [5, 5.41) is 16.7. The summed E-state index contributed by atoms with van der Waals surface area (Å²) in [6, 6.07) is 14.1. The number of nitrogens with zero attached hydrogens (tertiary/aromatic N) is 3. The van der Waals surface area contributed by atoms with Gasteiger partial charge in [-0.1, -0.05) is 35.9 Å². The van der Waals surface area contributed by atoms with Crippen LogP contribution in [-0.2, 0) is 6.54 Å². The van der Waals surface area contributed by atoms with Crippen molar-refractivity contribution in [2.24, 2.45) is 5.10 Å². The van der Waals surface area contributed by atoms with Gasteiger partial charge in [0, 0.05) is 38.3 Å². The van der Waals surface area contributed by atoms with E-state index in [0.717, 1.165) is 32.7 Å². The van der Waals surface area contributed by atoms with Gasteiger partial charge in [0.15, 0.2) is 11.5 Å². The predicted octanol–water partition coefficient (Wildman–Crippen LogP) is 2.86. The third kappa shape index (κ3) is 4.51. The van der Waals surface area contributed by atoms with Crippen LogP contribution in [0.1, 0.15) is 16.7 Å². The van der Waals surface area contributed by atoms with Crippen molar-refractivity contribution in [2.75, 3.05) is 33.3 Å². The number of phenols is 1. The van der Waals surface area contributed by atoms with Crippen LogP contribution in [0.2, 0.25) is 0 Å². The Hall–Kier alpha value is -2.53. The van der Waals surface area contributed by atoms with Gasteiger partial charge in [0.1, 0.15) is 0 Å². The smallest absolute Gasteiger partial charge is 0.166 e. The molecule has 0 spiro atoms. The second-order valence-corrected chi connectivity index (χ2v) is 6.36. The maximum atomic E-state index is 10.1. The minimum absolute atomic E-state index is 0.131. The number of ether oxygens (including phenoxy) is 1. The number of hydrogen-bond donors (Lipinski definition) is 1. The van der Waals surface area contributed by atoms with E-state index in [4.69, 9.17) is 4.74 Å². The SMILES string of the molecule is COc1cccc(/C=N\N2CCN(Cc3ccc(C)cc3)CC2)c1O. The Balaban J connectivity index is 1.53. The van der Waals surface area contributed by atoms with Gasteiger partial charge in [-0.05, 0) is 24.6 Å². The molecule has 25 heavy (non-hydrogen) atoms. The van der Waals surface area contributed by atoms with Crippen molar-refractivity contribution in [3.63, 3.8) is 0 Å². The van der Waals surface area contributed by atoms with Crippen molar-refractivity contribution in [3.05, 3.63) is 59.2 Å². The van der Waals surface area contributed by atoms with Gasteiger partial charge in [0.2, 0.25) is 0 Å². The lowest BCUT2D eigenvalue weighted by molar-refractivity contribution is 0.131. The topological polar surface area (TPSA) is 48.3 Å². The standard InChI is InChI=1S/C20H25N3O2/c1-16-6-8-17(9-7-16)15-22-10-12-23(13-11-22)21-14-18-4-3-5-19(25-2)20(18)24/h3-9,14,24H,10-13,15H2,1-2H3/b21-14-. The molecule has 1 saturated heterocycles. The quantitative estimate of drug-likeness (QED) is 0.851. The molecule has 0 amide bonds. The molecule has 3 rings (SSSR count). The number of para-hydroxylation sites is 1. The molecule has 0 bridgehead atoms. The van der Waals surface area contributed by atoms with Crippen molar-refractivity contribution >= 4 is 6.21 Å². The van der Waals surface area contributed by atoms with Crippen LogP contribution >= 0.6 is 0 Å². The molecule has 0 unspecified atom stereocenters. The molecule has 2 aromatic rings. The third-order valence-electron chi connectivity index (χ3n) is 4.49. The number of rotatable bonds is 5. The van der Waals surface area contributed by atoms with Gasteiger partial charge in [-0.3, -0.25) is 9.91 Å². The zero-order valence-corrected chi connectivity index (χ0v) is 14.9. The lowest BCUT2D eigenvalue weighted by atomic mass is 10.1. The number of piperazine rings is 1. The molecule has 0 aromatic heterocycles. The lowest BCUT2D eigenvalue weighted by Gasteiger charge is -2.33. The monoisotopic (exact) mass is 339 g/mol. The first-order valence-corrected chi connectivity index (χ1v) is 8.58. The highest BCUT2D eigenvalue weighted by Gasteiger charge is 2.15. The summed E-state index contributed by atoms with van der Waals surface area (Å²) in [6.07, 6.45) is 1.70. The van der Waals surface area contributed by atoms with E-state index in [0.29, 0.717) is 11.3 Å². The molecule has 0 aliphatic carbocycles. The Kier molecular flexibility index (Phi) is 5.56. The summed E-state index contributed by atoms with van der Waals surface area (Å²) in [5.41, 5.74) is 3.31. The molecule has 1 aliphatic heterocycles. The van der Waals surface area contributed by atoms with Gasteiger partial charge in [-0.15, -0.1) is 0 Å². The van der Waals surface area contributed by atoms with Crippen molar-refractivity contribution in [1.29, 1.82) is 0 Å². The molecular formula is C20H25N3O2. The average Bonchev–Trinajstić information content (AvgIpc) is 2.64. The van der Waals surface area contributed by atoms with Crippen LogP contribution in [0.3, 0.4) is 0 Å². The van der Waals surface area contributed by atoms with E-state index in [1.807, 2.05) is 17.1 Å². The number of aryl methyl sites for hydroxylation is 1. The molecule has 2 aromatic carbocycles. The Bertz CT molecular complexity index is 720. The summed E-state index contributed by atoms with van der Waals surface area (Å²) in [6.45, 7) is 6.82. The molecule has 0 atom stereocenters. The normalized spacial score (nSPS) is 15.7. The highest BCUT2D eigenvalue weighted by atomic mass is 16.5. The van der Waals surface area contributed by atoms with Gasteiger partial charge in [-0.25, -0.2) is 0 Å². The fourth-order valence-electron chi connectivity index (χ4n) is 2.91. The van der Waals surface area contributed by atoms with Gasteiger partial charge < -0.3 is 9.84 Å². The minimum Gasteiger partial charge on any atom is -0.504 e. The van der Waals surface area contributed by atoms with Gasteiger partial charge in [0.25, 0.3) is 0 Å². The highest BCUT2D eigenvalue weighted by Crippen LogP contribution is 2.28. The molecule has 0 radical (unpaired) electrons. The molecule has 1 heterocycles. The van der Waals surface area contributed by atoms with Crippen LogP contribution in [0.4, 0.5) is 0 Å². The molecule has 1 aliphatic rings. The van der Waals surface area contributed by atoms with E-state index in [1.165, 1.54) is 11.1 Å². The number of hydrazone groups is 1. The first-order chi connectivity index (χ1) is 12.2. The molecule has 5 nitrogen and oxygen atoms in total. The molecular weight excluding hydrogens is 314 g/mol. The second-order valence-electron chi connectivity index (χ2n) is 6.36. The fraction of sp³-hybridized carbons (Fsp3) is 0.350. The highest BCUT2D eigenvalue weighted by molar-refractivity contribution is 5.84. The number of phenolic OH excluding ortho intramolecular Hbond substituents is 1. The first kappa shape index (κ1) is 17.3. The fourth-order valence-corrected chi connectivity index (χ4v) is 2.91.